The van der Waals surface area contributed by atoms with E-state index >= 15 is 0 Å². The van der Waals surface area contributed by atoms with Crippen LogP contribution in [0.2, 0.25) is 0 Å². The predicted octanol–water partition coefficient (Wildman–Crippen LogP) is 1.80. The fourth-order valence-electron chi connectivity index (χ4n) is 2.23. The summed E-state index contributed by atoms with van der Waals surface area (Å²) in [7, 11) is 0. The van der Waals surface area contributed by atoms with Crippen LogP contribution >= 0.6 is 11.3 Å². The van der Waals surface area contributed by atoms with Crippen LogP contribution in [-0.4, -0.2) is 25.5 Å². The Hall–Kier alpha value is -0.870. The van der Waals surface area contributed by atoms with Gasteiger partial charge in [-0.2, -0.15) is 11.3 Å². The summed E-state index contributed by atoms with van der Waals surface area (Å²) >= 11 is 1.64. The third kappa shape index (κ3) is 4.48. The fraction of sp³-hybridized carbons (Fsp3) is 0.615. The number of rotatable bonds is 5. The highest BCUT2D eigenvalue weighted by molar-refractivity contribution is 7.07. The Morgan fingerprint density at radius 1 is 1.59 bits per heavy atom. The molecule has 0 aromatic carbocycles. The van der Waals surface area contributed by atoms with Gasteiger partial charge in [0.05, 0.1) is 6.42 Å². The zero-order chi connectivity index (χ0) is 11.9. The highest BCUT2D eigenvalue weighted by Crippen LogP contribution is 2.13. The number of piperidine rings is 1. The molecule has 3 nitrogen and oxygen atoms in total. The molecule has 4 heteroatoms. The summed E-state index contributed by atoms with van der Waals surface area (Å²) < 4.78 is 0. The second-order valence-corrected chi connectivity index (χ2v) is 5.44. The maximum absolute atomic E-state index is 11.6. The summed E-state index contributed by atoms with van der Waals surface area (Å²) in [6.45, 7) is 3.08. The summed E-state index contributed by atoms with van der Waals surface area (Å²) in [5, 5.41) is 10.4. The van der Waals surface area contributed by atoms with Crippen molar-refractivity contribution in [3.8, 4) is 0 Å². The molecule has 1 aromatic rings. The lowest BCUT2D eigenvalue weighted by atomic mass is 9.96. The molecule has 1 aliphatic rings. The fourth-order valence-corrected chi connectivity index (χ4v) is 2.90. The molecule has 1 amide bonds. The molecule has 1 unspecified atom stereocenters. The Bertz CT molecular complexity index is 331. The maximum Gasteiger partial charge on any atom is 0.224 e. The molecule has 2 heterocycles. The molecule has 2 N–H and O–H groups in total. The second kappa shape index (κ2) is 6.77. The van der Waals surface area contributed by atoms with Crippen LogP contribution in [0.25, 0.3) is 0 Å². The number of carbonyl (C=O) groups is 1. The number of nitrogens with one attached hydrogen (secondary N) is 2. The molecule has 94 valence electrons. The average molecular weight is 252 g/mol. The lowest BCUT2D eigenvalue weighted by Crippen LogP contribution is -2.33. The van der Waals surface area contributed by atoms with Gasteiger partial charge in [0.25, 0.3) is 0 Å². The number of carbonyl (C=O) groups excluding carboxylic acids is 1. The first-order valence-electron chi connectivity index (χ1n) is 6.33. The van der Waals surface area contributed by atoms with Crippen molar-refractivity contribution in [2.24, 2.45) is 5.92 Å². The minimum absolute atomic E-state index is 0.146. The van der Waals surface area contributed by atoms with Crippen molar-refractivity contribution >= 4 is 17.2 Å². The topological polar surface area (TPSA) is 41.1 Å². The molecular formula is C13H20N2OS. The van der Waals surface area contributed by atoms with Gasteiger partial charge in [0, 0.05) is 6.54 Å². The van der Waals surface area contributed by atoms with Gasteiger partial charge in [0.2, 0.25) is 5.91 Å². The van der Waals surface area contributed by atoms with Gasteiger partial charge in [-0.15, -0.1) is 0 Å². The van der Waals surface area contributed by atoms with Crippen molar-refractivity contribution in [3.63, 3.8) is 0 Å². The summed E-state index contributed by atoms with van der Waals surface area (Å²) in [5.41, 5.74) is 1.12. The molecule has 0 aliphatic carbocycles. The van der Waals surface area contributed by atoms with Crippen LogP contribution < -0.4 is 10.6 Å². The van der Waals surface area contributed by atoms with Crippen molar-refractivity contribution < 1.29 is 4.79 Å². The molecule has 0 spiro atoms. The van der Waals surface area contributed by atoms with Crippen LogP contribution in [0.3, 0.4) is 0 Å². The SMILES string of the molecule is O=C(Cc1ccsc1)NCCC1CCCNC1. The van der Waals surface area contributed by atoms with Gasteiger partial charge in [0.15, 0.2) is 0 Å². The number of thiophene rings is 1. The first-order valence-corrected chi connectivity index (χ1v) is 7.27. The molecule has 2 rings (SSSR count). The van der Waals surface area contributed by atoms with Gasteiger partial charge < -0.3 is 10.6 Å². The molecule has 0 radical (unpaired) electrons. The summed E-state index contributed by atoms with van der Waals surface area (Å²) in [5.74, 6) is 0.886. The van der Waals surface area contributed by atoms with Crippen molar-refractivity contribution in [1.29, 1.82) is 0 Å². The first kappa shape index (κ1) is 12.6. The molecule has 1 aromatic heterocycles. The average Bonchev–Trinajstić information content (AvgIpc) is 2.83. The van der Waals surface area contributed by atoms with Crippen LogP contribution in [-0.2, 0) is 11.2 Å². The van der Waals surface area contributed by atoms with Crippen LogP contribution in [0.5, 0.6) is 0 Å². The molecule has 1 saturated heterocycles. The third-order valence-corrected chi connectivity index (χ3v) is 3.95. The second-order valence-electron chi connectivity index (χ2n) is 4.66. The van der Waals surface area contributed by atoms with Crippen LogP contribution in [0.1, 0.15) is 24.8 Å². The van der Waals surface area contributed by atoms with Gasteiger partial charge in [-0.1, -0.05) is 0 Å². The zero-order valence-electron chi connectivity index (χ0n) is 10.1. The van der Waals surface area contributed by atoms with Crippen LogP contribution in [0.15, 0.2) is 16.8 Å². The molecule has 0 bridgehead atoms. The van der Waals surface area contributed by atoms with Gasteiger partial charge >= 0.3 is 0 Å². The molecule has 17 heavy (non-hydrogen) atoms. The number of hydrogen-bond acceptors (Lipinski definition) is 3. The lowest BCUT2D eigenvalue weighted by Gasteiger charge is -2.22. The molecule has 1 aliphatic heterocycles. The van der Waals surface area contributed by atoms with Crippen LogP contribution in [0, 0.1) is 5.92 Å². The normalized spacial score (nSPS) is 20.1. The largest absolute Gasteiger partial charge is 0.356 e. The van der Waals surface area contributed by atoms with Crippen molar-refractivity contribution in [2.45, 2.75) is 25.7 Å². The number of hydrogen-bond donors (Lipinski definition) is 2. The van der Waals surface area contributed by atoms with Gasteiger partial charge in [0.1, 0.15) is 0 Å². The van der Waals surface area contributed by atoms with Crippen LogP contribution in [0.4, 0.5) is 0 Å². The van der Waals surface area contributed by atoms with E-state index in [9.17, 15) is 4.79 Å². The smallest absolute Gasteiger partial charge is 0.224 e. The maximum atomic E-state index is 11.6. The van der Waals surface area contributed by atoms with Crippen molar-refractivity contribution in [3.05, 3.63) is 22.4 Å². The van der Waals surface area contributed by atoms with E-state index in [2.05, 4.69) is 10.6 Å². The standard InChI is InChI=1S/C13H20N2OS/c16-13(8-12-4-7-17-10-12)15-6-3-11-2-1-5-14-9-11/h4,7,10-11,14H,1-3,5-6,8-9H2,(H,15,16). The van der Waals surface area contributed by atoms with E-state index in [1.54, 1.807) is 11.3 Å². The number of amides is 1. The van der Waals surface area contributed by atoms with Crippen molar-refractivity contribution in [1.82, 2.24) is 10.6 Å². The van der Waals surface area contributed by atoms with E-state index in [0.717, 1.165) is 37.5 Å². The lowest BCUT2D eigenvalue weighted by molar-refractivity contribution is -0.120. The Kier molecular flexibility index (Phi) is 5.01. The quantitative estimate of drug-likeness (QED) is 0.839. The zero-order valence-corrected chi connectivity index (χ0v) is 10.9. The van der Waals surface area contributed by atoms with E-state index in [-0.39, 0.29) is 5.91 Å². The summed E-state index contributed by atoms with van der Waals surface area (Å²) in [6, 6.07) is 2.01. The molecule has 1 fully saturated rings. The Morgan fingerprint density at radius 2 is 2.53 bits per heavy atom. The Labute approximate surface area is 107 Å². The Balaban J connectivity index is 1.59. The summed E-state index contributed by atoms with van der Waals surface area (Å²) in [4.78, 5) is 11.6. The minimum atomic E-state index is 0.146. The third-order valence-electron chi connectivity index (χ3n) is 3.22. The highest BCUT2D eigenvalue weighted by Gasteiger charge is 2.12. The molecular weight excluding hydrogens is 232 g/mol. The predicted molar refractivity (Wildman–Crippen MR) is 71.2 cm³/mol. The van der Waals surface area contributed by atoms with E-state index in [0.29, 0.717) is 6.42 Å². The van der Waals surface area contributed by atoms with E-state index in [4.69, 9.17) is 0 Å². The molecule has 0 saturated carbocycles. The summed E-state index contributed by atoms with van der Waals surface area (Å²) in [6.07, 6.45) is 4.19. The Morgan fingerprint density at radius 3 is 3.24 bits per heavy atom. The van der Waals surface area contributed by atoms with Gasteiger partial charge in [-0.05, 0) is 60.7 Å². The van der Waals surface area contributed by atoms with Gasteiger partial charge in [-0.3, -0.25) is 4.79 Å². The van der Waals surface area contributed by atoms with E-state index in [1.165, 1.54) is 12.8 Å². The highest BCUT2D eigenvalue weighted by atomic mass is 32.1. The minimum Gasteiger partial charge on any atom is -0.356 e. The molecule has 1 atom stereocenters. The van der Waals surface area contributed by atoms with E-state index < -0.39 is 0 Å². The van der Waals surface area contributed by atoms with Gasteiger partial charge in [-0.25, -0.2) is 0 Å². The monoisotopic (exact) mass is 252 g/mol. The van der Waals surface area contributed by atoms with Crippen molar-refractivity contribution in [2.75, 3.05) is 19.6 Å². The van der Waals surface area contributed by atoms with E-state index in [1.807, 2.05) is 16.8 Å². The first-order chi connectivity index (χ1) is 8.34.